The van der Waals surface area contributed by atoms with Gasteiger partial charge in [0.2, 0.25) is 0 Å². The van der Waals surface area contributed by atoms with E-state index in [9.17, 15) is 4.79 Å². The molecule has 82 valence electrons. The molecule has 0 spiro atoms. The normalized spacial score (nSPS) is 14.8. The molecule has 3 nitrogen and oxygen atoms in total. The highest BCUT2D eigenvalue weighted by molar-refractivity contribution is 8.05. The van der Waals surface area contributed by atoms with E-state index in [1.165, 1.54) is 11.8 Å². The predicted molar refractivity (Wildman–Crippen MR) is 66.0 cm³/mol. The number of hydrogen-bond acceptors (Lipinski definition) is 3. The van der Waals surface area contributed by atoms with Crippen LogP contribution in [0.25, 0.3) is 0 Å². The molecule has 1 heterocycles. The first-order chi connectivity index (χ1) is 7.75. The second kappa shape index (κ2) is 4.90. The number of hydrogen-bond donors (Lipinski definition) is 1. The van der Waals surface area contributed by atoms with Gasteiger partial charge in [-0.25, -0.2) is 0 Å². The van der Waals surface area contributed by atoms with E-state index in [1.807, 2.05) is 53.0 Å². The van der Waals surface area contributed by atoms with Gasteiger partial charge in [-0.1, -0.05) is 30.0 Å². The van der Waals surface area contributed by atoms with Crippen LogP contribution in [0.4, 0.5) is 5.69 Å². The van der Waals surface area contributed by atoms with Crippen LogP contribution in [0, 0.1) is 0 Å². The number of carboxylic acids is 1. The van der Waals surface area contributed by atoms with Crippen molar-refractivity contribution in [2.24, 2.45) is 0 Å². The van der Waals surface area contributed by atoms with Crippen molar-refractivity contribution in [3.63, 3.8) is 0 Å². The van der Waals surface area contributed by atoms with E-state index in [-0.39, 0.29) is 6.42 Å². The van der Waals surface area contributed by atoms with Gasteiger partial charge in [0.25, 0.3) is 0 Å². The van der Waals surface area contributed by atoms with E-state index < -0.39 is 5.97 Å². The Labute approximate surface area is 98.1 Å². The van der Waals surface area contributed by atoms with Gasteiger partial charge in [-0.05, 0) is 17.5 Å². The highest BCUT2D eigenvalue weighted by Gasteiger charge is 2.10. The first-order valence-corrected chi connectivity index (χ1v) is 5.73. The molecule has 1 N–H and O–H groups in total. The van der Waals surface area contributed by atoms with E-state index in [0.29, 0.717) is 0 Å². The Balaban J connectivity index is 2.17. The minimum absolute atomic E-state index is 0.0678. The molecule has 0 saturated heterocycles. The van der Waals surface area contributed by atoms with Crippen molar-refractivity contribution in [2.45, 2.75) is 6.42 Å². The fourth-order valence-electron chi connectivity index (χ4n) is 1.41. The van der Waals surface area contributed by atoms with Crippen molar-refractivity contribution in [3.05, 3.63) is 53.0 Å². The van der Waals surface area contributed by atoms with E-state index in [1.54, 1.807) is 0 Å². The van der Waals surface area contributed by atoms with Gasteiger partial charge in [0.15, 0.2) is 0 Å². The summed E-state index contributed by atoms with van der Waals surface area (Å²) >= 11 is 1.45. The number of aliphatic carboxylic acids is 1. The van der Waals surface area contributed by atoms with E-state index >= 15 is 0 Å². The van der Waals surface area contributed by atoms with Crippen molar-refractivity contribution >= 4 is 23.4 Å². The summed E-state index contributed by atoms with van der Waals surface area (Å²) in [4.78, 5) is 13.4. The quantitative estimate of drug-likeness (QED) is 0.871. The maximum Gasteiger partial charge on any atom is 0.308 e. The highest BCUT2D eigenvalue weighted by atomic mass is 32.2. The van der Waals surface area contributed by atoms with Crippen LogP contribution in [0.3, 0.4) is 0 Å². The van der Waals surface area contributed by atoms with Crippen molar-refractivity contribution in [3.8, 4) is 0 Å². The lowest BCUT2D eigenvalue weighted by Gasteiger charge is -2.20. The molecular weight excluding hydrogens is 222 g/mol. The SMILES string of the molecule is O=C(O)CC1=CN(c2ccccc2)C=CS1. The van der Waals surface area contributed by atoms with Crippen LogP contribution in [0.2, 0.25) is 0 Å². The van der Waals surface area contributed by atoms with Gasteiger partial charge in [0.1, 0.15) is 0 Å². The fraction of sp³-hybridized carbons (Fsp3) is 0.0833. The Bertz CT molecular complexity index is 440. The fourth-order valence-corrected chi connectivity index (χ4v) is 2.16. The van der Waals surface area contributed by atoms with Crippen molar-refractivity contribution in [1.82, 2.24) is 0 Å². The summed E-state index contributed by atoms with van der Waals surface area (Å²) < 4.78 is 0. The first-order valence-electron chi connectivity index (χ1n) is 4.85. The molecule has 0 unspecified atom stereocenters. The molecule has 1 aromatic rings. The number of thioether (sulfide) groups is 1. The third kappa shape index (κ3) is 2.67. The number of para-hydroxylation sites is 1. The van der Waals surface area contributed by atoms with Gasteiger partial charge in [-0.2, -0.15) is 0 Å². The van der Waals surface area contributed by atoms with Crippen LogP contribution >= 0.6 is 11.8 Å². The molecule has 0 aliphatic carbocycles. The summed E-state index contributed by atoms with van der Waals surface area (Å²) in [6.45, 7) is 0. The topological polar surface area (TPSA) is 40.5 Å². The molecular formula is C12H11NO2S. The molecule has 4 heteroatoms. The lowest BCUT2D eigenvalue weighted by atomic mass is 10.3. The Hall–Kier alpha value is -1.68. The smallest absolute Gasteiger partial charge is 0.308 e. The predicted octanol–water partition coefficient (Wildman–Crippen LogP) is 3.03. The van der Waals surface area contributed by atoms with Crippen LogP contribution in [-0.4, -0.2) is 11.1 Å². The molecule has 0 amide bonds. The van der Waals surface area contributed by atoms with Gasteiger partial charge < -0.3 is 10.0 Å². The molecule has 1 aliphatic rings. The lowest BCUT2D eigenvalue weighted by molar-refractivity contribution is -0.136. The number of nitrogens with zero attached hydrogens (tertiary/aromatic N) is 1. The van der Waals surface area contributed by atoms with E-state index in [2.05, 4.69) is 0 Å². The number of benzene rings is 1. The van der Waals surface area contributed by atoms with Crippen molar-refractivity contribution in [2.75, 3.05) is 4.90 Å². The number of carbonyl (C=O) groups is 1. The van der Waals surface area contributed by atoms with Gasteiger partial charge in [0, 0.05) is 23.0 Å². The van der Waals surface area contributed by atoms with E-state index in [0.717, 1.165) is 10.6 Å². The lowest BCUT2D eigenvalue weighted by Crippen LogP contribution is -2.10. The maximum absolute atomic E-state index is 10.6. The summed E-state index contributed by atoms with van der Waals surface area (Å²) in [6.07, 6.45) is 3.85. The van der Waals surface area contributed by atoms with Gasteiger partial charge in [-0.15, -0.1) is 0 Å². The van der Waals surface area contributed by atoms with Crippen LogP contribution in [0.15, 0.2) is 53.0 Å². The summed E-state index contributed by atoms with van der Waals surface area (Å²) in [5.41, 5.74) is 1.03. The summed E-state index contributed by atoms with van der Waals surface area (Å²) in [5, 5.41) is 10.6. The standard InChI is InChI=1S/C12H11NO2S/c14-12(15)8-11-9-13(6-7-16-11)10-4-2-1-3-5-10/h1-7,9H,8H2,(H,14,15). The summed E-state index contributed by atoms with van der Waals surface area (Å²) in [6, 6.07) is 9.82. The van der Waals surface area contributed by atoms with Crippen molar-refractivity contribution < 1.29 is 9.90 Å². The zero-order valence-corrected chi connectivity index (χ0v) is 9.35. The minimum Gasteiger partial charge on any atom is -0.481 e. The largest absolute Gasteiger partial charge is 0.481 e. The molecule has 0 atom stereocenters. The molecule has 0 bridgehead atoms. The molecule has 1 aromatic carbocycles. The highest BCUT2D eigenvalue weighted by Crippen LogP contribution is 2.28. The maximum atomic E-state index is 10.6. The molecule has 1 aliphatic heterocycles. The summed E-state index contributed by atoms with van der Waals surface area (Å²) in [7, 11) is 0. The third-order valence-corrected chi connectivity index (χ3v) is 2.91. The number of anilines is 1. The Morgan fingerprint density at radius 3 is 2.75 bits per heavy atom. The van der Waals surface area contributed by atoms with Crippen LogP contribution < -0.4 is 4.90 Å². The molecule has 0 radical (unpaired) electrons. The zero-order valence-electron chi connectivity index (χ0n) is 8.54. The minimum atomic E-state index is -0.804. The van der Waals surface area contributed by atoms with Crippen LogP contribution in [0.5, 0.6) is 0 Å². The third-order valence-electron chi connectivity index (χ3n) is 2.10. The van der Waals surface area contributed by atoms with Crippen molar-refractivity contribution in [1.29, 1.82) is 0 Å². The Kier molecular flexibility index (Phi) is 3.31. The van der Waals surface area contributed by atoms with E-state index in [4.69, 9.17) is 5.11 Å². The molecule has 16 heavy (non-hydrogen) atoms. The first kappa shape index (κ1) is 10.8. The second-order valence-corrected chi connectivity index (χ2v) is 4.34. The monoisotopic (exact) mass is 233 g/mol. The van der Waals surface area contributed by atoms with Gasteiger partial charge >= 0.3 is 5.97 Å². The average Bonchev–Trinajstić information content (AvgIpc) is 2.30. The van der Waals surface area contributed by atoms with Gasteiger partial charge in [0.05, 0.1) is 6.42 Å². The zero-order chi connectivity index (χ0) is 11.4. The molecule has 0 aromatic heterocycles. The van der Waals surface area contributed by atoms with Gasteiger partial charge in [-0.3, -0.25) is 4.79 Å². The molecule has 0 fully saturated rings. The van der Waals surface area contributed by atoms with Crippen LogP contribution in [0.1, 0.15) is 6.42 Å². The average molecular weight is 233 g/mol. The Morgan fingerprint density at radius 2 is 2.06 bits per heavy atom. The van der Waals surface area contributed by atoms with Crippen LogP contribution in [-0.2, 0) is 4.79 Å². The molecule has 2 rings (SSSR count). The number of rotatable bonds is 3. The Morgan fingerprint density at radius 1 is 1.31 bits per heavy atom. The molecule has 0 saturated carbocycles. The second-order valence-electron chi connectivity index (χ2n) is 3.31. The summed E-state index contributed by atoms with van der Waals surface area (Å²) in [5.74, 6) is -0.804. The number of carboxylic acid groups (broad SMARTS) is 1.